The highest BCUT2D eigenvalue weighted by Gasteiger charge is 2.53. The van der Waals surface area contributed by atoms with Crippen LogP contribution in [0.25, 0.3) is 0 Å². The number of hydrogen-bond donors (Lipinski definition) is 3. The van der Waals surface area contributed by atoms with Gasteiger partial charge in [0.15, 0.2) is 5.13 Å². The Kier molecular flexibility index (Phi) is 5.51. The van der Waals surface area contributed by atoms with Gasteiger partial charge < -0.3 is 26.2 Å². The van der Waals surface area contributed by atoms with Crippen molar-refractivity contribution in [2.45, 2.75) is 18.0 Å². The molecule has 0 bridgehead atoms. The molecule has 13 nitrogen and oxygen atoms in total. The Balaban J connectivity index is 1.52. The number of carboxylic acid groups (broad SMARTS) is 1. The Morgan fingerprint density at radius 2 is 2.29 bits per heavy atom. The molecule has 0 aromatic carbocycles. The van der Waals surface area contributed by atoms with Crippen LogP contribution >= 0.6 is 23.3 Å². The van der Waals surface area contributed by atoms with Crippen molar-refractivity contribution in [2.24, 2.45) is 5.16 Å². The minimum Gasteiger partial charge on any atom is -0.543 e. The number of nitrogens with one attached hydrogen (secondary N) is 1. The van der Waals surface area contributed by atoms with Crippen molar-refractivity contribution in [2.75, 3.05) is 11.5 Å². The van der Waals surface area contributed by atoms with Crippen LogP contribution < -0.4 is 20.7 Å². The first-order chi connectivity index (χ1) is 14.9. The summed E-state index contributed by atoms with van der Waals surface area (Å²) in [4.78, 5) is 45.8. The van der Waals surface area contributed by atoms with Crippen molar-refractivity contribution in [3.05, 3.63) is 41.9 Å². The van der Waals surface area contributed by atoms with Crippen LogP contribution in [0, 0.1) is 0 Å². The Morgan fingerprint density at radius 3 is 2.90 bits per heavy atom. The fourth-order valence-electron chi connectivity index (χ4n) is 3.20. The van der Waals surface area contributed by atoms with Crippen LogP contribution in [0.4, 0.5) is 5.13 Å². The number of carboxylic acids is 1. The van der Waals surface area contributed by atoms with Crippen LogP contribution in [0.2, 0.25) is 0 Å². The number of thioether (sulfide) groups is 1. The molecule has 31 heavy (non-hydrogen) atoms. The normalized spacial score (nSPS) is 20.8. The molecule has 0 spiro atoms. The zero-order chi connectivity index (χ0) is 22.1. The summed E-state index contributed by atoms with van der Waals surface area (Å²) in [6.45, 7) is 0.218. The fraction of sp³-hybridized carbons (Fsp3) is 0.250. The van der Waals surface area contributed by atoms with Crippen LogP contribution in [0.5, 0.6) is 0 Å². The van der Waals surface area contributed by atoms with Crippen molar-refractivity contribution in [3.8, 4) is 0 Å². The number of β-lactam (4-membered cyclic amide) rings is 1. The van der Waals surface area contributed by atoms with Crippen LogP contribution in [-0.2, 0) is 20.9 Å². The minimum atomic E-state index is -1.48. The quantitative estimate of drug-likeness (QED) is 0.132. The maximum Gasteiger partial charge on any atom is 0.286 e. The van der Waals surface area contributed by atoms with E-state index in [-0.39, 0.29) is 23.2 Å². The number of carbonyl (C=O) groups is 3. The van der Waals surface area contributed by atoms with E-state index in [1.54, 1.807) is 23.0 Å². The third-order valence-electron chi connectivity index (χ3n) is 4.53. The summed E-state index contributed by atoms with van der Waals surface area (Å²) in [7, 11) is 0. The summed E-state index contributed by atoms with van der Waals surface area (Å²) in [6.07, 6.45) is 4.84. The zero-order valence-corrected chi connectivity index (χ0v) is 17.2. The van der Waals surface area contributed by atoms with E-state index in [1.807, 2.05) is 0 Å². The Hall–Kier alpha value is -3.59. The highest BCUT2D eigenvalue weighted by Crippen LogP contribution is 2.40. The molecule has 2 atom stereocenters. The number of anilines is 1. The number of aliphatic carboxylic acids is 1. The maximum atomic E-state index is 12.7. The van der Waals surface area contributed by atoms with E-state index in [1.165, 1.54) is 18.1 Å². The van der Waals surface area contributed by atoms with Gasteiger partial charge in [0.1, 0.15) is 24.2 Å². The lowest BCUT2D eigenvalue weighted by atomic mass is 10.0. The van der Waals surface area contributed by atoms with Gasteiger partial charge in [-0.1, -0.05) is 10.1 Å². The van der Waals surface area contributed by atoms with Crippen molar-refractivity contribution in [1.29, 1.82) is 0 Å². The number of aromatic nitrogens is 4. The monoisotopic (exact) mass is 462 g/mol. The predicted molar refractivity (Wildman–Crippen MR) is 104 cm³/mol. The van der Waals surface area contributed by atoms with Crippen molar-refractivity contribution in [3.63, 3.8) is 0 Å². The molecular formula is C16H14N8O5S2. The largest absolute Gasteiger partial charge is 0.543 e. The smallest absolute Gasteiger partial charge is 0.286 e. The first-order valence-corrected chi connectivity index (χ1v) is 10.5. The second-order valence-electron chi connectivity index (χ2n) is 6.43. The molecule has 160 valence electrons. The molecule has 4 N–H and O–H groups in total. The molecule has 2 aromatic rings. The lowest BCUT2D eigenvalue weighted by Gasteiger charge is -2.50. The van der Waals surface area contributed by atoms with E-state index in [2.05, 4.69) is 24.8 Å². The van der Waals surface area contributed by atoms with Crippen LogP contribution in [0.15, 0.2) is 41.2 Å². The minimum absolute atomic E-state index is 0.0698. The molecule has 2 aliphatic heterocycles. The number of rotatable bonds is 6. The summed E-state index contributed by atoms with van der Waals surface area (Å²) in [5, 5.41) is 25.7. The summed E-state index contributed by atoms with van der Waals surface area (Å²) in [5.41, 5.74) is 5.22. The maximum absolute atomic E-state index is 12.7. The molecule has 2 aliphatic rings. The predicted octanol–water partition coefficient (Wildman–Crippen LogP) is -2.91. The first-order valence-electron chi connectivity index (χ1n) is 8.70. The van der Waals surface area contributed by atoms with Gasteiger partial charge in [0.25, 0.3) is 18.1 Å². The van der Waals surface area contributed by atoms with Crippen LogP contribution in [0.3, 0.4) is 0 Å². The molecule has 1 saturated heterocycles. The Labute approximate surface area is 182 Å². The zero-order valence-electron chi connectivity index (χ0n) is 15.5. The third kappa shape index (κ3) is 3.79. The Bertz CT molecular complexity index is 1120. The molecule has 2 aromatic heterocycles. The van der Waals surface area contributed by atoms with Gasteiger partial charge in [-0.2, -0.15) is 9.36 Å². The number of oxime groups is 1. The van der Waals surface area contributed by atoms with Gasteiger partial charge in [-0.25, -0.2) is 4.57 Å². The second kappa shape index (κ2) is 8.27. The fourth-order valence-corrected chi connectivity index (χ4v) is 4.97. The molecule has 15 heteroatoms. The molecule has 2 amide bonds. The topological polar surface area (TPSA) is 191 Å². The third-order valence-corrected chi connectivity index (χ3v) is 6.42. The van der Waals surface area contributed by atoms with Crippen LogP contribution in [-0.4, -0.2) is 65.1 Å². The molecule has 4 heterocycles. The number of nitrogens with two attached hydrogens (primary N) is 1. The van der Waals surface area contributed by atoms with E-state index in [0.717, 1.165) is 16.4 Å². The number of nitrogens with zero attached hydrogens (tertiary/aromatic N) is 6. The summed E-state index contributed by atoms with van der Waals surface area (Å²) in [6, 6.07) is 0.677. The molecule has 1 unspecified atom stereocenters. The SMILES string of the molecule is Nc1nc(/C(=N/O)C(=O)N[C@@H]2C(=O)N3C(C(=O)[O-])=C(C[n+]4cccnc4)CSC23)ns1. The standard InChI is InChI=1S/C16H14N8O5S2/c17-16-20-11(22-31-16)8(21-29)12(25)19-9-13(26)24-10(15(27)28)7(5-30-14(9)24)4-23-3-1-2-18-6-23/h1-3,6,9,14H,4-5H2,(H4-,17,19,20,22,25,27,28,29)/t9-,14?/m1/s1. The van der Waals surface area contributed by atoms with Gasteiger partial charge in [-0.3, -0.25) is 14.5 Å². The number of amides is 2. The first kappa shape index (κ1) is 20.7. The van der Waals surface area contributed by atoms with E-state index in [9.17, 15) is 19.5 Å². The highest BCUT2D eigenvalue weighted by molar-refractivity contribution is 8.00. The second-order valence-corrected chi connectivity index (χ2v) is 8.32. The van der Waals surface area contributed by atoms with E-state index in [0.29, 0.717) is 11.3 Å². The van der Waals surface area contributed by atoms with Crippen molar-refractivity contribution >= 4 is 51.9 Å². The van der Waals surface area contributed by atoms with Gasteiger partial charge in [-0.05, 0) is 0 Å². The van der Waals surface area contributed by atoms with E-state index >= 15 is 0 Å². The number of hydrogen-bond acceptors (Lipinski definition) is 12. The molecule has 0 radical (unpaired) electrons. The van der Waals surface area contributed by atoms with Gasteiger partial charge in [-0.15, -0.1) is 11.8 Å². The van der Waals surface area contributed by atoms with E-state index < -0.39 is 34.9 Å². The summed E-state index contributed by atoms with van der Waals surface area (Å²) >= 11 is 2.10. The number of fused-ring (bicyclic) bond motifs is 1. The van der Waals surface area contributed by atoms with Crippen molar-refractivity contribution < 1.29 is 29.3 Å². The average molecular weight is 462 g/mol. The van der Waals surface area contributed by atoms with Crippen LogP contribution in [0.1, 0.15) is 5.82 Å². The Morgan fingerprint density at radius 1 is 1.48 bits per heavy atom. The van der Waals surface area contributed by atoms with Gasteiger partial charge in [0.05, 0.1) is 17.9 Å². The van der Waals surface area contributed by atoms with Gasteiger partial charge in [0.2, 0.25) is 11.5 Å². The molecular weight excluding hydrogens is 448 g/mol. The summed E-state index contributed by atoms with van der Waals surface area (Å²) in [5.74, 6) is -2.88. The lowest BCUT2D eigenvalue weighted by molar-refractivity contribution is -0.692. The summed E-state index contributed by atoms with van der Waals surface area (Å²) < 4.78 is 5.48. The number of carbonyl (C=O) groups excluding carboxylic acids is 3. The highest BCUT2D eigenvalue weighted by atomic mass is 32.2. The van der Waals surface area contributed by atoms with E-state index in [4.69, 9.17) is 10.9 Å². The van der Waals surface area contributed by atoms with Gasteiger partial charge in [0, 0.05) is 28.9 Å². The van der Waals surface area contributed by atoms with Crippen molar-refractivity contribution in [1.82, 2.24) is 24.6 Å². The lowest BCUT2D eigenvalue weighted by Crippen LogP contribution is -2.71. The molecule has 4 rings (SSSR count). The average Bonchev–Trinajstić information content (AvgIpc) is 3.18. The number of nitrogen functional groups attached to an aromatic ring is 1. The molecule has 1 fully saturated rings. The molecule has 0 aliphatic carbocycles. The molecule has 0 saturated carbocycles. The van der Waals surface area contributed by atoms with Gasteiger partial charge >= 0.3 is 0 Å².